The second-order valence-electron chi connectivity index (χ2n) is 5.09. The molecule has 0 bridgehead atoms. The van der Waals surface area contributed by atoms with Crippen LogP contribution in [0.2, 0.25) is 0 Å². The van der Waals surface area contributed by atoms with Gasteiger partial charge in [0.15, 0.2) is 0 Å². The molecule has 1 heterocycles. The van der Waals surface area contributed by atoms with Crippen molar-refractivity contribution in [1.82, 2.24) is 4.98 Å². The van der Waals surface area contributed by atoms with Gasteiger partial charge < -0.3 is 0 Å². The minimum atomic E-state index is 0.973. The van der Waals surface area contributed by atoms with Crippen molar-refractivity contribution in [2.75, 3.05) is 0 Å². The molecule has 0 N–H and O–H groups in total. The molecule has 0 amide bonds. The van der Waals surface area contributed by atoms with E-state index in [4.69, 9.17) is 0 Å². The highest BCUT2D eigenvalue weighted by Crippen LogP contribution is 2.29. The Bertz CT molecular complexity index is 756. The van der Waals surface area contributed by atoms with Crippen molar-refractivity contribution < 1.29 is 0 Å². The van der Waals surface area contributed by atoms with Crippen LogP contribution in [0.1, 0.15) is 11.1 Å². The maximum atomic E-state index is 4.46. The highest BCUT2D eigenvalue weighted by atomic mass is 14.7. The smallest absolute Gasteiger partial charge is 0.0708 e. The molecule has 0 aliphatic rings. The van der Waals surface area contributed by atoms with E-state index in [1.54, 1.807) is 0 Å². The van der Waals surface area contributed by atoms with Crippen molar-refractivity contribution in [2.24, 2.45) is 0 Å². The van der Waals surface area contributed by atoms with Crippen molar-refractivity contribution >= 4 is 6.08 Å². The van der Waals surface area contributed by atoms with E-state index in [9.17, 15) is 0 Å². The van der Waals surface area contributed by atoms with Gasteiger partial charge in [0.25, 0.3) is 0 Å². The quantitative estimate of drug-likeness (QED) is 0.624. The second-order valence-corrected chi connectivity index (χ2v) is 5.09. The van der Waals surface area contributed by atoms with Gasteiger partial charge >= 0.3 is 0 Å². The van der Waals surface area contributed by atoms with Crippen molar-refractivity contribution in [3.63, 3.8) is 0 Å². The van der Waals surface area contributed by atoms with Gasteiger partial charge in [0.1, 0.15) is 0 Å². The number of aryl methyl sites for hydroxylation is 1. The summed E-state index contributed by atoms with van der Waals surface area (Å²) in [6.45, 7) is 6.00. The summed E-state index contributed by atoms with van der Waals surface area (Å²) >= 11 is 0. The first-order chi connectivity index (χ1) is 10.3. The zero-order valence-corrected chi connectivity index (χ0v) is 12.1. The third-order valence-corrected chi connectivity index (χ3v) is 3.60. The number of hydrogen-bond acceptors (Lipinski definition) is 1. The van der Waals surface area contributed by atoms with E-state index in [2.05, 4.69) is 61.0 Å². The van der Waals surface area contributed by atoms with Crippen LogP contribution in [0, 0.1) is 6.92 Å². The average Bonchev–Trinajstić information content (AvgIpc) is 2.56. The van der Waals surface area contributed by atoms with Gasteiger partial charge in [-0.05, 0) is 41.8 Å². The molecule has 2 aromatic carbocycles. The molecule has 1 heteroatoms. The normalized spacial score (nSPS) is 10.3. The molecule has 0 aliphatic heterocycles. The fraction of sp³-hybridized carbons (Fsp3) is 0.0500. The molecule has 1 aromatic heterocycles. The summed E-state index contributed by atoms with van der Waals surface area (Å²) in [5.74, 6) is 0. The molecule has 0 saturated carbocycles. The van der Waals surface area contributed by atoms with Crippen LogP contribution in [0.4, 0.5) is 0 Å². The summed E-state index contributed by atoms with van der Waals surface area (Å²) in [5.41, 5.74) is 6.87. The number of benzene rings is 2. The number of aromatic nitrogens is 1. The predicted octanol–water partition coefficient (Wildman–Crippen LogP) is 5.37. The first-order valence-electron chi connectivity index (χ1n) is 7.03. The summed E-state index contributed by atoms with van der Waals surface area (Å²) in [7, 11) is 0. The Morgan fingerprint density at radius 2 is 1.67 bits per heavy atom. The molecular formula is C20H17N. The summed E-state index contributed by atoms with van der Waals surface area (Å²) in [4.78, 5) is 4.46. The molecule has 0 spiro atoms. The maximum absolute atomic E-state index is 4.46. The lowest BCUT2D eigenvalue weighted by molar-refractivity contribution is 1.32. The van der Waals surface area contributed by atoms with Gasteiger partial charge in [0, 0.05) is 11.8 Å². The maximum Gasteiger partial charge on any atom is 0.0708 e. The number of rotatable bonds is 3. The zero-order valence-electron chi connectivity index (χ0n) is 12.1. The molecule has 0 fully saturated rings. The molecule has 21 heavy (non-hydrogen) atoms. The lowest BCUT2D eigenvalue weighted by atomic mass is 9.96. The van der Waals surface area contributed by atoms with Crippen LogP contribution in [0.3, 0.4) is 0 Å². The van der Waals surface area contributed by atoms with E-state index in [0.717, 1.165) is 16.8 Å². The zero-order chi connectivity index (χ0) is 14.7. The SMILES string of the molecule is C=Cc1ccc(-c2ccc(C)cc2)cc1-c1ccccn1. The third kappa shape index (κ3) is 2.77. The van der Waals surface area contributed by atoms with Gasteiger partial charge in [-0.3, -0.25) is 4.98 Å². The molecule has 0 aliphatic carbocycles. The Morgan fingerprint density at radius 3 is 2.33 bits per heavy atom. The molecular weight excluding hydrogens is 254 g/mol. The number of nitrogens with zero attached hydrogens (tertiary/aromatic N) is 1. The van der Waals surface area contributed by atoms with E-state index >= 15 is 0 Å². The summed E-state index contributed by atoms with van der Waals surface area (Å²) in [5, 5.41) is 0. The Labute approximate surface area is 125 Å². The molecule has 1 nitrogen and oxygen atoms in total. The van der Waals surface area contributed by atoms with Gasteiger partial charge in [0.05, 0.1) is 5.69 Å². The first-order valence-corrected chi connectivity index (χ1v) is 7.03. The number of pyridine rings is 1. The average molecular weight is 271 g/mol. The van der Waals surface area contributed by atoms with E-state index in [1.165, 1.54) is 16.7 Å². The lowest BCUT2D eigenvalue weighted by Gasteiger charge is -2.09. The van der Waals surface area contributed by atoms with E-state index in [1.807, 2.05) is 30.5 Å². The van der Waals surface area contributed by atoms with Crippen LogP contribution in [-0.4, -0.2) is 4.98 Å². The monoisotopic (exact) mass is 271 g/mol. The van der Waals surface area contributed by atoms with E-state index in [0.29, 0.717) is 0 Å². The summed E-state index contributed by atoms with van der Waals surface area (Å²) < 4.78 is 0. The van der Waals surface area contributed by atoms with Crippen LogP contribution in [0.25, 0.3) is 28.5 Å². The molecule has 0 atom stereocenters. The highest BCUT2D eigenvalue weighted by Gasteiger charge is 2.06. The highest BCUT2D eigenvalue weighted by molar-refractivity contribution is 5.78. The third-order valence-electron chi connectivity index (χ3n) is 3.60. The Balaban J connectivity index is 2.13. The topological polar surface area (TPSA) is 12.9 Å². The number of hydrogen-bond donors (Lipinski definition) is 0. The van der Waals surface area contributed by atoms with Crippen molar-refractivity contribution in [3.8, 4) is 22.4 Å². The first kappa shape index (κ1) is 13.3. The van der Waals surface area contributed by atoms with Crippen LogP contribution >= 0.6 is 0 Å². The Morgan fingerprint density at radius 1 is 0.905 bits per heavy atom. The van der Waals surface area contributed by atoms with Gasteiger partial charge in [-0.25, -0.2) is 0 Å². The van der Waals surface area contributed by atoms with Gasteiger partial charge in [-0.1, -0.05) is 60.7 Å². The Hall–Kier alpha value is -2.67. The largest absolute Gasteiger partial charge is 0.256 e. The van der Waals surface area contributed by atoms with Crippen LogP contribution < -0.4 is 0 Å². The molecule has 3 rings (SSSR count). The molecule has 0 radical (unpaired) electrons. The van der Waals surface area contributed by atoms with Crippen molar-refractivity contribution in [2.45, 2.75) is 6.92 Å². The van der Waals surface area contributed by atoms with Crippen molar-refractivity contribution in [1.29, 1.82) is 0 Å². The fourth-order valence-electron chi connectivity index (χ4n) is 2.40. The second kappa shape index (κ2) is 5.76. The van der Waals surface area contributed by atoms with Gasteiger partial charge in [-0.2, -0.15) is 0 Å². The van der Waals surface area contributed by atoms with E-state index < -0.39 is 0 Å². The molecule has 3 aromatic rings. The summed E-state index contributed by atoms with van der Waals surface area (Å²) in [6.07, 6.45) is 3.70. The molecule has 102 valence electrons. The van der Waals surface area contributed by atoms with Crippen LogP contribution in [0.5, 0.6) is 0 Å². The van der Waals surface area contributed by atoms with Crippen LogP contribution in [-0.2, 0) is 0 Å². The van der Waals surface area contributed by atoms with Crippen LogP contribution in [0.15, 0.2) is 73.4 Å². The fourth-order valence-corrected chi connectivity index (χ4v) is 2.40. The standard InChI is InChI=1S/C20H17N/c1-3-16-11-12-18(17-9-7-15(2)8-10-17)14-19(16)20-6-4-5-13-21-20/h3-14H,1H2,2H3. The molecule has 0 saturated heterocycles. The van der Waals surface area contributed by atoms with E-state index in [-0.39, 0.29) is 0 Å². The molecule has 0 unspecified atom stereocenters. The lowest BCUT2D eigenvalue weighted by Crippen LogP contribution is -1.88. The minimum Gasteiger partial charge on any atom is -0.256 e. The van der Waals surface area contributed by atoms with Gasteiger partial charge in [0.2, 0.25) is 0 Å². The van der Waals surface area contributed by atoms with Gasteiger partial charge in [-0.15, -0.1) is 0 Å². The Kier molecular flexibility index (Phi) is 3.65. The minimum absolute atomic E-state index is 0.973. The summed E-state index contributed by atoms with van der Waals surface area (Å²) in [6, 6.07) is 21.0. The predicted molar refractivity (Wildman–Crippen MR) is 89.9 cm³/mol. The van der Waals surface area contributed by atoms with Crippen molar-refractivity contribution in [3.05, 3.63) is 84.6 Å².